The minimum atomic E-state index is -0.130. The van der Waals surface area contributed by atoms with E-state index in [1.807, 2.05) is 50.2 Å². The molecule has 0 saturated carbocycles. The van der Waals surface area contributed by atoms with Crippen molar-refractivity contribution in [3.63, 3.8) is 0 Å². The van der Waals surface area contributed by atoms with Crippen LogP contribution in [0, 0.1) is 6.92 Å². The molecule has 2 aromatic carbocycles. The molecule has 0 heterocycles. The fraction of sp³-hybridized carbons (Fsp3) is 0.333. The van der Waals surface area contributed by atoms with E-state index in [9.17, 15) is 4.79 Å². The van der Waals surface area contributed by atoms with Crippen molar-refractivity contribution in [2.45, 2.75) is 40.0 Å². The zero-order valence-corrected chi connectivity index (χ0v) is 15.4. The van der Waals surface area contributed by atoms with E-state index in [0.29, 0.717) is 18.9 Å². The summed E-state index contributed by atoms with van der Waals surface area (Å²) in [5.41, 5.74) is 6.75. The summed E-state index contributed by atoms with van der Waals surface area (Å²) < 4.78 is 5.73. The number of carbonyl (C=O) groups is 1. The van der Waals surface area contributed by atoms with Gasteiger partial charge in [-0.1, -0.05) is 44.2 Å². The second-order valence-corrected chi connectivity index (χ2v) is 6.29. The first kappa shape index (κ1) is 18.7. The maximum Gasteiger partial charge on any atom is 0.244 e. The SMILES string of the molecule is CCOc1cc(C)c(/C=N/NC(=O)Cc2ccccc2)cc1C(C)C. The molecule has 0 spiro atoms. The quantitative estimate of drug-likeness (QED) is 0.607. The van der Waals surface area contributed by atoms with Crippen molar-refractivity contribution in [1.29, 1.82) is 0 Å². The summed E-state index contributed by atoms with van der Waals surface area (Å²) in [5, 5.41) is 4.11. The molecule has 0 aliphatic rings. The number of ether oxygens (including phenoxy) is 1. The van der Waals surface area contributed by atoms with Gasteiger partial charge in [0.2, 0.25) is 5.91 Å². The number of nitrogens with one attached hydrogen (secondary N) is 1. The molecular formula is C21H26N2O2. The minimum Gasteiger partial charge on any atom is -0.494 e. The van der Waals surface area contributed by atoms with Crippen LogP contribution in [0.1, 0.15) is 48.9 Å². The largest absolute Gasteiger partial charge is 0.494 e. The molecule has 0 aliphatic heterocycles. The smallest absolute Gasteiger partial charge is 0.244 e. The van der Waals surface area contributed by atoms with Gasteiger partial charge in [-0.3, -0.25) is 4.79 Å². The molecule has 0 atom stereocenters. The lowest BCUT2D eigenvalue weighted by Crippen LogP contribution is -2.19. The highest BCUT2D eigenvalue weighted by molar-refractivity contribution is 5.85. The molecule has 0 bridgehead atoms. The molecule has 4 heteroatoms. The molecule has 132 valence electrons. The van der Waals surface area contributed by atoms with Crippen LogP contribution in [0.15, 0.2) is 47.6 Å². The van der Waals surface area contributed by atoms with Gasteiger partial charge in [-0.2, -0.15) is 5.10 Å². The van der Waals surface area contributed by atoms with Gasteiger partial charge in [0, 0.05) is 0 Å². The third-order valence-electron chi connectivity index (χ3n) is 3.92. The van der Waals surface area contributed by atoms with Crippen LogP contribution in [0.5, 0.6) is 5.75 Å². The first-order valence-electron chi connectivity index (χ1n) is 8.64. The van der Waals surface area contributed by atoms with Crippen molar-refractivity contribution in [3.05, 3.63) is 64.7 Å². The van der Waals surface area contributed by atoms with Crippen LogP contribution >= 0.6 is 0 Å². The van der Waals surface area contributed by atoms with Gasteiger partial charge < -0.3 is 4.74 Å². The van der Waals surface area contributed by atoms with Gasteiger partial charge in [-0.15, -0.1) is 0 Å². The minimum absolute atomic E-state index is 0.130. The Hall–Kier alpha value is -2.62. The summed E-state index contributed by atoms with van der Waals surface area (Å²) in [7, 11) is 0. The Balaban J connectivity index is 2.07. The van der Waals surface area contributed by atoms with Crippen molar-refractivity contribution < 1.29 is 9.53 Å². The molecular weight excluding hydrogens is 312 g/mol. The number of carbonyl (C=O) groups excluding carboxylic acids is 1. The van der Waals surface area contributed by atoms with E-state index < -0.39 is 0 Å². The second-order valence-electron chi connectivity index (χ2n) is 6.29. The predicted octanol–water partition coefficient (Wildman–Crippen LogP) is 4.21. The number of nitrogens with zero attached hydrogens (tertiary/aromatic N) is 1. The van der Waals surface area contributed by atoms with Gasteiger partial charge in [-0.05, 0) is 54.2 Å². The second kappa shape index (κ2) is 9.02. The van der Waals surface area contributed by atoms with E-state index in [0.717, 1.165) is 28.0 Å². The lowest BCUT2D eigenvalue weighted by Gasteiger charge is -2.15. The number of benzene rings is 2. The molecule has 0 aromatic heterocycles. The summed E-state index contributed by atoms with van der Waals surface area (Å²) in [4.78, 5) is 12.0. The number of amides is 1. The summed E-state index contributed by atoms with van der Waals surface area (Å²) in [6.45, 7) is 8.91. The van der Waals surface area contributed by atoms with E-state index >= 15 is 0 Å². The van der Waals surface area contributed by atoms with Crippen molar-refractivity contribution in [1.82, 2.24) is 5.43 Å². The number of hydrogen-bond acceptors (Lipinski definition) is 3. The summed E-state index contributed by atoms with van der Waals surface area (Å²) in [6, 6.07) is 13.7. The average molecular weight is 338 g/mol. The number of hydrazone groups is 1. The first-order valence-corrected chi connectivity index (χ1v) is 8.64. The third-order valence-corrected chi connectivity index (χ3v) is 3.92. The molecule has 25 heavy (non-hydrogen) atoms. The fourth-order valence-corrected chi connectivity index (χ4v) is 2.58. The molecule has 1 amide bonds. The number of rotatable bonds is 7. The van der Waals surface area contributed by atoms with E-state index in [1.54, 1.807) is 6.21 Å². The van der Waals surface area contributed by atoms with Crippen molar-refractivity contribution >= 4 is 12.1 Å². The lowest BCUT2D eigenvalue weighted by atomic mass is 9.97. The Morgan fingerprint density at radius 2 is 1.96 bits per heavy atom. The highest BCUT2D eigenvalue weighted by Crippen LogP contribution is 2.29. The van der Waals surface area contributed by atoms with Crippen molar-refractivity contribution in [2.75, 3.05) is 6.61 Å². The maximum atomic E-state index is 12.0. The highest BCUT2D eigenvalue weighted by Gasteiger charge is 2.11. The Morgan fingerprint density at radius 3 is 2.60 bits per heavy atom. The molecule has 2 rings (SSSR count). The Morgan fingerprint density at radius 1 is 1.24 bits per heavy atom. The van der Waals surface area contributed by atoms with Gasteiger partial charge in [0.15, 0.2) is 0 Å². The summed E-state index contributed by atoms with van der Waals surface area (Å²) in [5.74, 6) is 1.14. The van der Waals surface area contributed by atoms with Crippen LogP contribution in [0.4, 0.5) is 0 Å². The Labute approximate surface area is 149 Å². The molecule has 4 nitrogen and oxygen atoms in total. The van der Waals surface area contributed by atoms with Crippen LogP contribution in [0.25, 0.3) is 0 Å². The summed E-state index contributed by atoms with van der Waals surface area (Å²) in [6.07, 6.45) is 2.01. The molecule has 0 unspecified atom stereocenters. The highest BCUT2D eigenvalue weighted by atomic mass is 16.5. The molecule has 0 aliphatic carbocycles. The van der Waals surface area contributed by atoms with Gasteiger partial charge >= 0.3 is 0 Å². The van der Waals surface area contributed by atoms with Crippen LogP contribution in [0.3, 0.4) is 0 Å². The maximum absolute atomic E-state index is 12.0. The van der Waals surface area contributed by atoms with Gasteiger partial charge in [-0.25, -0.2) is 5.43 Å². The van der Waals surface area contributed by atoms with Crippen LogP contribution in [0.2, 0.25) is 0 Å². The van der Waals surface area contributed by atoms with Gasteiger partial charge in [0.05, 0.1) is 19.2 Å². The van der Waals surface area contributed by atoms with E-state index in [-0.39, 0.29) is 5.91 Å². The lowest BCUT2D eigenvalue weighted by molar-refractivity contribution is -0.120. The van der Waals surface area contributed by atoms with Crippen LogP contribution in [-0.4, -0.2) is 18.7 Å². The zero-order valence-electron chi connectivity index (χ0n) is 15.4. The normalized spacial score (nSPS) is 11.1. The topological polar surface area (TPSA) is 50.7 Å². The molecule has 0 radical (unpaired) electrons. The number of aryl methyl sites for hydroxylation is 1. The third kappa shape index (κ3) is 5.45. The predicted molar refractivity (Wildman–Crippen MR) is 102 cm³/mol. The molecule has 1 N–H and O–H groups in total. The van der Waals surface area contributed by atoms with Gasteiger partial charge in [0.1, 0.15) is 5.75 Å². The number of hydrogen-bond donors (Lipinski definition) is 1. The van der Waals surface area contributed by atoms with E-state index in [4.69, 9.17) is 4.74 Å². The van der Waals surface area contributed by atoms with E-state index in [1.165, 1.54) is 0 Å². The van der Waals surface area contributed by atoms with Crippen LogP contribution < -0.4 is 10.2 Å². The van der Waals surface area contributed by atoms with E-state index in [2.05, 4.69) is 30.4 Å². The fourth-order valence-electron chi connectivity index (χ4n) is 2.58. The summed E-state index contributed by atoms with van der Waals surface area (Å²) >= 11 is 0. The van der Waals surface area contributed by atoms with Crippen molar-refractivity contribution in [3.8, 4) is 5.75 Å². The Kier molecular flexibility index (Phi) is 6.75. The molecule has 0 fully saturated rings. The monoisotopic (exact) mass is 338 g/mol. The molecule has 0 saturated heterocycles. The van der Waals surface area contributed by atoms with Crippen LogP contribution in [-0.2, 0) is 11.2 Å². The van der Waals surface area contributed by atoms with Gasteiger partial charge in [0.25, 0.3) is 0 Å². The standard InChI is InChI=1S/C21H26N2O2/c1-5-25-20-11-16(4)18(13-19(20)15(2)3)14-22-23-21(24)12-17-9-7-6-8-10-17/h6-11,13-15H,5,12H2,1-4H3,(H,23,24)/b22-14+. The Bertz CT molecular complexity index is 737. The molecule has 2 aromatic rings. The first-order chi connectivity index (χ1) is 12.0. The zero-order chi connectivity index (χ0) is 18.2. The van der Waals surface area contributed by atoms with Crippen molar-refractivity contribution in [2.24, 2.45) is 5.10 Å². The average Bonchev–Trinajstić information content (AvgIpc) is 2.57.